The molecule has 4 nitrogen and oxygen atoms in total. The van der Waals surface area contributed by atoms with Crippen LogP contribution in [0.3, 0.4) is 0 Å². The maximum atomic E-state index is 13.5. The van der Waals surface area contributed by atoms with Crippen molar-refractivity contribution in [2.45, 2.75) is 6.92 Å². The molecule has 0 radical (unpaired) electrons. The molecule has 2 aromatic carbocycles. The summed E-state index contributed by atoms with van der Waals surface area (Å²) in [5.41, 5.74) is 2.21. The summed E-state index contributed by atoms with van der Waals surface area (Å²) in [4.78, 5) is 16.7. The van der Waals surface area contributed by atoms with Crippen molar-refractivity contribution in [2.75, 3.05) is 0 Å². The number of aromatic nitrogens is 1. The summed E-state index contributed by atoms with van der Waals surface area (Å²) in [5.74, 6) is -1.46. The minimum absolute atomic E-state index is 0.142. The lowest BCUT2D eigenvalue weighted by Crippen LogP contribution is -2.06. The van der Waals surface area contributed by atoms with Gasteiger partial charge in [0.2, 0.25) is 0 Å². The van der Waals surface area contributed by atoms with Gasteiger partial charge < -0.3 is 9.40 Å². The largest absolute Gasteiger partial charge is 0.368 e. The lowest BCUT2D eigenvalue weighted by atomic mass is 10.1. The van der Waals surface area contributed by atoms with Gasteiger partial charge in [-0.1, -0.05) is 29.4 Å². The molecule has 0 saturated heterocycles. The Bertz CT molecular complexity index is 869. The average molecular weight is 322 g/mol. The smallest absolute Gasteiger partial charge is 0.324 e. The van der Waals surface area contributed by atoms with Gasteiger partial charge in [0.15, 0.2) is 0 Å². The van der Waals surface area contributed by atoms with Crippen LogP contribution in [0.1, 0.15) is 22.8 Å². The number of hydrogen-bond acceptors (Lipinski definition) is 3. The highest BCUT2D eigenvalue weighted by Crippen LogP contribution is 2.12. The maximum Gasteiger partial charge on any atom is 0.368 e. The molecule has 0 aliphatic rings. The van der Waals surface area contributed by atoms with Gasteiger partial charge in [-0.15, -0.1) is 0 Å². The van der Waals surface area contributed by atoms with Crippen molar-refractivity contribution in [3.8, 4) is 5.69 Å². The van der Waals surface area contributed by atoms with E-state index in [1.807, 2.05) is 53.4 Å². The van der Waals surface area contributed by atoms with Crippen LogP contribution in [0.5, 0.6) is 0 Å². The molecule has 0 fully saturated rings. The standard InChI is InChI=1S/C19H15FN2O2/c1-14(21-24-19(23)17-6-2-3-7-18(17)20)15-8-10-16(11-9-15)22-12-4-5-13-22/h2-13H,1H3/b21-14-. The number of oxime groups is 1. The number of nitrogens with zero attached hydrogens (tertiary/aromatic N) is 2. The monoisotopic (exact) mass is 322 g/mol. The third-order valence-corrected chi connectivity index (χ3v) is 3.55. The van der Waals surface area contributed by atoms with E-state index in [0.29, 0.717) is 5.71 Å². The van der Waals surface area contributed by atoms with Gasteiger partial charge in [0.25, 0.3) is 0 Å². The highest BCUT2D eigenvalue weighted by molar-refractivity contribution is 5.99. The summed E-state index contributed by atoms with van der Waals surface area (Å²) in [5, 5.41) is 3.80. The second-order valence-corrected chi connectivity index (χ2v) is 5.17. The van der Waals surface area contributed by atoms with E-state index in [-0.39, 0.29) is 5.56 Å². The van der Waals surface area contributed by atoms with Crippen molar-refractivity contribution in [2.24, 2.45) is 5.16 Å². The van der Waals surface area contributed by atoms with Crippen LogP contribution < -0.4 is 0 Å². The van der Waals surface area contributed by atoms with Crippen LogP contribution in [-0.2, 0) is 4.84 Å². The molecule has 0 unspecified atom stereocenters. The Morgan fingerprint density at radius 3 is 2.33 bits per heavy atom. The first kappa shape index (κ1) is 15.7. The Labute approximate surface area is 138 Å². The fourth-order valence-corrected chi connectivity index (χ4v) is 2.22. The zero-order valence-corrected chi connectivity index (χ0v) is 13.0. The summed E-state index contributed by atoms with van der Waals surface area (Å²) < 4.78 is 15.5. The van der Waals surface area contributed by atoms with Crippen LogP contribution in [0.15, 0.2) is 78.2 Å². The molecule has 0 aliphatic heterocycles. The van der Waals surface area contributed by atoms with Gasteiger partial charge in [0.1, 0.15) is 5.82 Å². The zero-order valence-electron chi connectivity index (χ0n) is 13.0. The highest BCUT2D eigenvalue weighted by Gasteiger charge is 2.12. The Morgan fingerprint density at radius 2 is 1.67 bits per heavy atom. The third kappa shape index (κ3) is 3.41. The van der Waals surface area contributed by atoms with Gasteiger partial charge in [-0.3, -0.25) is 0 Å². The summed E-state index contributed by atoms with van der Waals surface area (Å²) >= 11 is 0. The van der Waals surface area contributed by atoms with Gasteiger partial charge in [-0.25, -0.2) is 9.18 Å². The summed E-state index contributed by atoms with van der Waals surface area (Å²) in [7, 11) is 0. The van der Waals surface area contributed by atoms with Crippen LogP contribution in [-0.4, -0.2) is 16.2 Å². The molecule has 0 bridgehead atoms. The van der Waals surface area contributed by atoms with Crippen LogP contribution in [0, 0.1) is 5.82 Å². The van der Waals surface area contributed by atoms with Crippen molar-refractivity contribution in [1.82, 2.24) is 4.57 Å². The van der Waals surface area contributed by atoms with Crippen LogP contribution in [0.4, 0.5) is 4.39 Å². The van der Waals surface area contributed by atoms with Gasteiger partial charge >= 0.3 is 5.97 Å². The number of carbonyl (C=O) groups is 1. The van der Waals surface area contributed by atoms with Crippen LogP contribution in [0.25, 0.3) is 5.69 Å². The third-order valence-electron chi connectivity index (χ3n) is 3.55. The predicted molar refractivity (Wildman–Crippen MR) is 89.8 cm³/mol. The lowest BCUT2D eigenvalue weighted by Gasteiger charge is -2.05. The summed E-state index contributed by atoms with van der Waals surface area (Å²) in [6.45, 7) is 1.72. The molecule has 1 heterocycles. The zero-order chi connectivity index (χ0) is 16.9. The van der Waals surface area contributed by atoms with Crippen LogP contribution >= 0.6 is 0 Å². The van der Waals surface area contributed by atoms with E-state index in [1.165, 1.54) is 18.2 Å². The quantitative estimate of drug-likeness (QED) is 0.410. The molecule has 3 aromatic rings. The van der Waals surface area contributed by atoms with Gasteiger partial charge in [-0.2, -0.15) is 0 Å². The fraction of sp³-hybridized carbons (Fsp3) is 0.0526. The SMILES string of the molecule is C/C(=N/OC(=O)c1ccccc1F)c1ccc(-n2cccc2)cc1. The van der Waals surface area contributed by atoms with Crippen molar-refractivity contribution in [3.05, 3.63) is 90.0 Å². The first-order valence-electron chi connectivity index (χ1n) is 7.39. The summed E-state index contributed by atoms with van der Waals surface area (Å²) in [6, 6.07) is 17.2. The molecule has 24 heavy (non-hydrogen) atoms. The molecule has 0 saturated carbocycles. The van der Waals surface area contributed by atoms with E-state index < -0.39 is 11.8 Å². The highest BCUT2D eigenvalue weighted by atomic mass is 19.1. The number of carbonyl (C=O) groups excluding carboxylic acids is 1. The van der Waals surface area contributed by atoms with Gasteiger partial charge in [0.05, 0.1) is 11.3 Å². The second-order valence-electron chi connectivity index (χ2n) is 5.17. The summed E-state index contributed by atoms with van der Waals surface area (Å²) in [6.07, 6.45) is 3.90. The van der Waals surface area contributed by atoms with Crippen molar-refractivity contribution in [3.63, 3.8) is 0 Å². The maximum absolute atomic E-state index is 13.5. The van der Waals surface area contributed by atoms with Gasteiger partial charge in [0, 0.05) is 18.1 Å². The number of rotatable bonds is 4. The Kier molecular flexibility index (Phi) is 4.52. The minimum atomic E-state index is -0.823. The molecule has 3 rings (SSSR count). The lowest BCUT2D eigenvalue weighted by molar-refractivity contribution is 0.0511. The van der Waals surface area contributed by atoms with Crippen molar-refractivity contribution < 1.29 is 14.0 Å². The molecule has 0 atom stereocenters. The van der Waals surface area contributed by atoms with E-state index >= 15 is 0 Å². The first-order chi connectivity index (χ1) is 11.6. The number of hydrogen-bond donors (Lipinski definition) is 0. The molecule has 1 aromatic heterocycles. The van der Waals surface area contributed by atoms with Gasteiger partial charge in [-0.05, 0) is 48.9 Å². The average Bonchev–Trinajstić information content (AvgIpc) is 3.14. The molecule has 0 spiro atoms. The Morgan fingerprint density at radius 1 is 1.00 bits per heavy atom. The normalized spacial score (nSPS) is 11.3. The molecule has 5 heteroatoms. The Balaban J connectivity index is 1.72. The van der Waals surface area contributed by atoms with E-state index in [2.05, 4.69) is 5.16 Å². The molecule has 0 N–H and O–H groups in total. The predicted octanol–water partition coefficient (Wildman–Crippen LogP) is 4.20. The second kappa shape index (κ2) is 6.91. The van der Waals surface area contributed by atoms with E-state index in [0.717, 1.165) is 11.3 Å². The van der Waals surface area contributed by atoms with E-state index in [1.54, 1.807) is 13.0 Å². The first-order valence-corrected chi connectivity index (χ1v) is 7.39. The molecule has 0 aliphatic carbocycles. The van der Waals surface area contributed by atoms with Crippen LogP contribution in [0.2, 0.25) is 0 Å². The minimum Gasteiger partial charge on any atom is -0.324 e. The molecule has 120 valence electrons. The molecular formula is C19H15FN2O2. The number of benzene rings is 2. The van der Waals surface area contributed by atoms with E-state index in [4.69, 9.17) is 4.84 Å². The Hall–Kier alpha value is -3.21. The van der Waals surface area contributed by atoms with E-state index in [9.17, 15) is 9.18 Å². The topological polar surface area (TPSA) is 43.6 Å². The fourth-order valence-electron chi connectivity index (χ4n) is 2.22. The molecular weight excluding hydrogens is 307 g/mol. The van der Waals surface area contributed by atoms with Crippen molar-refractivity contribution in [1.29, 1.82) is 0 Å². The number of halogens is 1. The molecule has 0 amide bonds. The van der Waals surface area contributed by atoms with Crippen molar-refractivity contribution >= 4 is 11.7 Å².